The van der Waals surface area contributed by atoms with E-state index in [4.69, 9.17) is 0 Å². The molecular formula is C21H22FN3O3. The van der Waals surface area contributed by atoms with Gasteiger partial charge in [-0.1, -0.05) is 12.1 Å². The first kappa shape index (κ1) is 18.4. The average molecular weight is 383 g/mol. The Morgan fingerprint density at radius 2 is 2.11 bits per heavy atom. The van der Waals surface area contributed by atoms with E-state index < -0.39 is 4.92 Å². The number of anilines is 1. The van der Waals surface area contributed by atoms with Crippen molar-refractivity contribution in [2.75, 3.05) is 11.4 Å². The first-order valence-corrected chi connectivity index (χ1v) is 9.59. The van der Waals surface area contributed by atoms with Crippen LogP contribution in [0.5, 0.6) is 0 Å². The molecule has 1 saturated heterocycles. The van der Waals surface area contributed by atoms with Crippen LogP contribution in [0.1, 0.15) is 30.4 Å². The third-order valence-electron chi connectivity index (χ3n) is 5.73. The van der Waals surface area contributed by atoms with Crippen LogP contribution in [0.4, 0.5) is 15.8 Å². The molecule has 2 atom stereocenters. The highest BCUT2D eigenvalue weighted by molar-refractivity contribution is 5.82. The van der Waals surface area contributed by atoms with Crippen LogP contribution in [-0.2, 0) is 17.8 Å². The first-order chi connectivity index (χ1) is 13.5. The highest BCUT2D eigenvalue weighted by Crippen LogP contribution is 2.39. The van der Waals surface area contributed by atoms with Crippen LogP contribution in [0.2, 0.25) is 0 Å². The van der Waals surface area contributed by atoms with Crippen molar-refractivity contribution < 1.29 is 14.1 Å². The van der Waals surface area contributed by atoms with E-state index in [0.29, 0.717) is 12.0 Å². The zero-order valence-electron chi connectivity index (χ0n) is 15.4. The summed E-state index contributed by atoms with van der Waals surface area (Å²) in [6.45, 7) is 1.12. The molecule has 0 aliphatic carbocycles. The molecule has 7 heteroatoms. The number of nitrogens with zero attached hydrogens (tertiary/aromatic N) is 2. The number of nitrogens with one attached hydrogen (secondary N) is 1. The lowest BCUT2D eigenvalue weighted by molar-refractivity contribution is -0.384. The standard InChI is InChI=1S/C21H22FN3O3/c22-16-5-3-4-14(10-16)13-23-21(26)18-12-15-11-17(25(27)28)7-8-19(15)24-9-2-1-6-20(18)24/h3-5,7-8,10-11,18,20H,1-2,6,9,12-13H2,(H,23,26)/t18-,20+/m1/s1. The third kappa shape index (κ3) is 3.56. The summed E-state index contributed by atoms with van der Waals surface area (Å²) >= 11 is 0. The van der Waals surface area contributed by atoms with E-state index in [1.54, 1.807) is 18.2 Å². The Labute approximate surface area is 162 Å². The maximum absolute atomic E-state index is 13.4. The lowest BCUT2D eigenvalue weighted by atomic mass is 9.80. The van der Waals surface area contributed by atoms with Crippen LogP contribution in [0.15, 0.2) is 42.5 Å². The predicted octanol–water partition coefficient (Wildman–Crippen LogP) is 3.58. The van der Waals surface area contributed by atoms with Crippen LogP contribution in [0, 0.1) is 21.8 Å². The Balaban J connectivity index is 1.56. The SMILES string of the molecule is O=C(NCc1cccc(F)c1)[C@@H]1Cc2cc([N+](=O)[O-])ccc2N2CCCC[C@@H]12. The van der Waals surface area contributed by atoms with Crippen molar-refractivity contribution in [1.82, 2.24) is 5.32 Å². The molecule has 1 N–H and O–H groups in total. The molecule has 1 amide bonds. The molecule has 28 heavy (non-hydrogen) atoms. The van der Waals surface area contributed by atoms with Gasteiger partial charge < -0.3 is 10.2 Å². The molecule has 2 aliphatic heterocycles. The van der Waals surface area contributed by atoms with Gasteiger partial charge in [0, 0.05) is 37.0 Å². The Morgan fingerprint density at radius 1 is 1.25 bits per heavy atom. The molecular weight excluding hydrogens is 361 g/mol. The van der Waals surface area contributed by atoms with Gasteiger partial charge in [-0.25, -0.2) is 4.39 Å². The molecule has 2 aliphatic rings. The molecule has 0 radical (unpaired) electrons. The van der Waals surface area contributed by atoms with Crippen molar-refractivity contribution in [3.8, 4) is 0 Å². The monoisotopic (exact) mass is 383 g/mol. The minimum atomic E-state index is -0.401. The summed E-state index contributed by atoms with van der Waals surface area (Å²) in [6, 6.07) is 11.2. The summed E-state index contributed by atoms with van der Waals surface area (Å²) in [5, 5.41) is 14.1. The van der Waals surface area contributed by atoms with Gasteiger partial charge in [0.25, 0.3) is 5.69 Å². The highest BCUT2D eigenvalue weighted by Gasteiger charge is 2.39. The number of halogens is 1. The van der Waals surface area contributed by atoms with Crippen molar-refractivity contribution >= 4 is 17.3 Å². The summed E-state index contributed by atoms with van der Waals surface area (Å²) < 4.78 is 13.4. The molecule has 0 aromatic heterocycles. The molecule has 4 rings (SSSR count). The van der Waals surface area contributed by atoms with Crippen molar-refractivity contribution in [1.29, 1.82) is 0 Å². The number of non-ortho nitro benzene ring substituents is 1. The number of benzene rings is 2. The average Bonchev–Trinajstić information content (AvgIpc) is 2.71. The minimum Gasteiger partial charge on any atom is -0.368 e. The molecule has 0 spiro atoms. The summed E-state index contributed by atoms with van der Waals surface area (Å²) in [5.74, 6) is -0.689. The van der Waals surface area contributed by atoms with E-state index in [0.717, 1.165) is 37.1 Å². The predicted molar refractivity (Wildman–Crippen MR) is 104 cm³/mol. The van der Waals surface area contributed by atoms with Gasteiger partial charge in [0.2, 0.25) is 5.91 Å². The van der Waals surface area contributed by atoms with Crippen LogP contribution < -0.4 is 10.2 Å². The summed E-state index contributed by atoms with van der Waals surface area (Å²) in [6.07, 6.45) is 3.52. The molecule has 146 valence electrons. The van der Waals surface area contributed by atoms with Crippen LogP contribution >= 0.6 is 0 Å². The third-order valence-corrected chi connectivity index (χ3v) is 5.73. The van der Waals surface area contributed by atoms with Crippen molar-refractivity contribution in [2.24, 2.45) is 5.92 Å². The minimum absolute atomic E-state index is 0.0492. The number of hydrogen-bond acceptors (Lipinski definition) is 4. The second kappa shape index (κ2) is 7.58. The number of amides is 1. The number of rotatable bonds is 4. The van der Waals surface area contributed by atoms with Gasteiger partial charge in [-0.15, -0.1) is 0 Å². The first-order valence-electron chi connectivity index (χ1n) is 9.59. The van der Waals surface area contributed by atoms with Gasteiger partial charge in [0.05, 0.1) is 10.8 Å². The van der Waals surface area contributed by atoms with Gasteiger partial charge in [0.1, 0.15) is 5.82 Å². The number of fused-ring (bicyclic) bond motifs is 3. The van der Waals surface area contributed by atoms with Gasteiger partial charge in [-0.2, -0.15) is 0 Å². The van der Waals surface area contributed by atoms with Crippen molar-refractivity contribution in [3.63, 3.8) is 0 Å². The number of carbonyl (C=O) groups excluding carboxylic acids is 1. The summed E-state index contributed by atoms with van der Waals surface area (Å²) in [4.78, 5) is 26.0. The number of piperidine rings is 1. The fraction of sp³-hybridized carbons (Fsp3) is 0.381. The van der Waals surface area contributed by atoms with Gasteiger partial charge >= 0.3 is 0 Å². The smallest absolute Gasteiger partial charge is 0.269 e. The van der Waals surface area contributed by atoms with E-state index >= 15 is 0 Å². The Kier molecular flexibility index (Phi) is 4.98. The number of hydrogen-bond donors (Lipinski definition) is 1. The zero-order chi connectivity index (χ0) is 19.7. The van der Waals surface area contributed by atoms with Gasteiger partial charge in [-0.05, 0) is 55.0 Å². The van der Waals surface area contributed by atoms with Crippen LogP contribution in [0.25, 0.3) is 0 Å². The number of carbonyl (C=O) groups is 1. The molecule has 0 bridgehead atoms. The summed E-state index contributed by atoms with van der Waals surface area (Å²) in [7, 11) is 0. The highest BCUT2D eigenvalue weighted by atomic mass is 19.1. The maximum atomic E-state index is 13.4. The Hall–Kier alpha value is -2.96. The summed E-state index contributed by atoms with van der Waals surface area (Å²) in [5.41, 5.74) is 2.61. The Morgan fingerprint density at radius 3 is 2.89 bits per heavy atom. The van der Waals surface area contributed by atoms with E-state index in [9.17, 15) is 19.3 Å². The lowest BCUT2D eigenvalue weighted by Crippen LogP contribution is -2.53. The largest absolute Gasteiger partial charge is 0.368 e. The second-order valence-corrected chi connectivity index (χ2v) is 7.48. The maximum Gasteiger partial charge on any atom is 0.269 e. The zero-order valence-corrected chi connectivity index (χ0v) is 15.4. The van der Waals surface area contributed by atoms with E-state index in [-0.39, 0.29) is 35.9 Å². The van der Waals surface area contributed by atoms with E-state index in [1.165, 1.54) is 18.2 Å². The molecule has 2 aromatic rings. The molecule has 1 fully saturated rings. The normalized spacial score (nSPS) is 20.8. The fourth-order valence-electron chi connectivity index (χ4n) is 4.41. The Bertz CT molecular complexity index is 918. The van der Waals surface area contributed by atoms with Gasteiger partial charge in [-0.3, -0.25) is 14.9 Å². The van der Waals surface area contributed by atoms with Gasteiger partial charge in [0.15, 0.2) is 0 Å². The molecule has 2 aromatic carbocycles. The topological polar surface area (TPSA) is 75.5 Å². The van der Waals surface area contributed by atoms with E-state index in [1.807, 2.05) is 6.07 Å². The molecule has 0 saturated carbocycles. The quantitative estimate of drug-likeness (QED) is 0.647. The number of nitro groups is 1. The number of nitro benzene ring substituents is 1. The van der Waals surface area contributed by atoms with Crippen molar-refractivity contribution in [3.05, 3.63) is 69.5 Å². The van der Waals surface area contributed by atoms with Crippen LogP contribution in [-0.4, -0.2) is 23.4 Å². The van der Waals surface area contributed by atoms with Crippen molar-refractivity contribution in [2.45, 2.75) is 38.3 Å². The molecule has 0 unspecified atom stereocenters. The van der Waals surface area contributed by atoms with Crippen LogP contribution in [0.3, 0.4) is 0 Å². The fourth-order valence-corrected chi connectivity index (χ4v) is 4.41. The van der Waals surface area contributed by atoms with E-state index in [2.05, 4.69) is 10.2 Å². The molecule has 2 heterocycles. The second-order valence-electron chi connectivity index (χ2n) is 7.48. The molecule has 6 nitrogen and oxygen atoms in total. The lowest BCUT2D eigenvalue weighted by Gasteiger charge is -2.45.